The molecule has 10 heteroatoms. The van der Waals surface area contributed by atoms with Crippen molar-refractivity contribution in [3.05, 3.63) is 57.6 Å². The van der Waals surface area contributed by atoms with E-state index in [1.807, 2.05) is 24.8 Å². The van der Waals surface area contributed by atoms with Crippen LogP contribution in [0.1, 0.15) is 46.9 Å². The zero-order valence-electron chi connectivity index (χ0n) is 19.7. The van der Waals surface area contributed by atoms with Crippen LogP contribution in [0.4, 0.5) is 10.1 Å². The minimum Gasteiger partial charge on any atom is -0.368 e. The molecule has 1 aromatic heterocycles. The smallest absolute Gasteiger partial charge is 0.257 e. The van der Waals surface area contributed by atoms with Gasteiger partial charge in [0.05, 0.1) is 5.56 Å². The van der Waals surface area contributed by atoms with Gasteiger partial charge in [-0.25, -0.2) is 9.37 Å². The normalized spacial score (nSPS) is 20.5. The number of nitriles is 1. The zero-order chi connectivity index (χ0) is 25.1. The maximum absolute atomic E-state index is 13.9. The number of aromatic nitrogens is 1. The van der Waals surface area contributed by atoms with Crippen molar-refractivity contribution in [3.63, 3.8) is 0 Å². The predicted molar refractivity (Wildman–Crippen MR) is 128 cm³/mol. The monoisotopic (exact) mass is 499 g/mol. The molecule has 2 aliphatic heterocycles. The van der Waals surface area contributed by atoms with E-state index in [0.29, 0.717) is 43.5 Å². The summed E-state index contributed by atoms with van der Waals surface area (Å²) >= 11 is 6.36. The molecule has 8 nitrogen and oxygen atoms in total. The maximum Gasteiger partial charge on any atom is 0.257 e. The Balaban J connectivity index is 1.43. The first-order valence-corrected chi connectivity index (χ1v) is 11.9. The highest BCUT2D eigenvalue weighted by molar-refractivity contribution is 6.31. The lowest BCUT2D eigenvalue weighted by atomic mass is 10.0. The number of rotatable bonds is 5. The van der Waals surface area contributed by atoms with Crippen LogP contribution >= 0.6 is 11.6 Å². The number of nitrogens with one attached hydrogen (secondary N) is 1. The topological polar surface area (TPSA) is 98.6 Å². The minimum absolute atomic E-state index is 0.00304. The molecule has 2 fully saturated rings. The van der Waals surface area contributed by atoms with E-state index in [4.69, 9.17) is 21.6 Å². The van der Waals surface area contributed by atoms with Crippen LogP contribution in [0.5, 0.6) is 0 Å². The molecule has 0 aliphatic carbocycles. The Bertz CT molecular complexity index is 1180. The molecule has 3 heterocycles. The predicted octanol–water partition coefficient (Wildman–Crippen LogP) is 3.52. The lowest BCUT2D eigenvalue weighted by molar-refractivity contribution is -0.145. The first-order valence-electron chi connectivity index (χ1n) is 11.6. The van der Waals surface area contributed by atoms with Crippen molar-refractivity contribution in [2.24, 2.45) is 0 Å². The quantitative estimate of drug-likeness (QED) is 0.676. The molecule has 2 amide bonds. The van der Waals surface area contributed by atoms with Crippen molar-refractivity contribution in [2.45, 2.75) is 45.4 Å². The summed E-state index contributed by atoms with van der Waals surface area (Å²) in [6.45, 7) is 7.23. The molecule has 2 aromatic rings. The number of carbonyl (C=O) groups is 2. The van der Waals surface area contributed by atoms with Crippen molar-refractivity contribution in [2.75, 3.05) is 31.6 Å². The van der Waals surface area contributed by atoms with Gasteiger partial charge in [0.25, 0.3) is 11.8 Å². The summed E-state index contributed by atoms with van der Waals surface area (Å²) in [5.41, 5.74) is 1.94. The van der Waals surface area contributed by atoms with E-state index < -0.39 is 11.7 Å². The Morgan fingerprint density at radius 2 is 2.14 bits per heavy atom. The molecule has 184 valence electrons. The Labute approximate surface area is 208 Å². The van der Waals surface area contributed by atoms with Crippen LogP contribution in [0.2, 0.25) is 5.02 Å². The van der Waals surface area contributed by atoms with Crippen LogP contribution in [-0.2, 0) is 16.1 Å². The molecule has 0 unspecified atom stereocenters. The molecule has 35 heavy (non-hydrogen) atoms. The number of nitrogens with zero attached hydrogens (tertiary/aromatic N) is 4. The fourth-order valence-electron chi connectivity index (χ4n) is 4.57. The number of benzene rings is 1. The summed E-state index contributed by atoms with van der Waals surface area (Å²) in [4.78, 5) is 33.3. The summed E-state index contributed by atoms with van der Waals surface area (Å²) in [5.74, 6) is -1.32. The van der Waals surface area contributed by atoms with Crippen molar-refractivity contribution in [1.29, 1.82) is 5.26 Å². The van der Waals surface area contributed by atoms with Gasteiger partial charge in [-0.2, -0.15) is 5.26 Å². The van der Waals surface area contributed by atoms with Crippen molar-refractivity contribution in [1.82, 2.24) is 14.8 Å². The number of ether oxygens (including phenoxy) is 1. The van der Waals surface area contributed by atoms with E-state index in [1.165, 1.54) is 0 Å². The number of piperazine rings is 1. The maximum atomic E-state index is 13.9. The fourth-order valence-corrected chi connectivity index (χ4v) is 4.81. The molecular formula is C25H27ClFN5O3. The van der Waals surface area contributed by atoms with Gasteiger partial charge in [0.2, 0.25) is 0 Å². The average molecular weight is 500 g/mol. The molecular weight excluding hydrogens is 473 g/mol. The summed E-state index contributed by atoms with van der Waals surface area (Å²) in [5, 5.41) is 12.1. The highest BCUT2D eigenvalue weighted by Crippen LogP contribution is 2.28. The Kier molecular flexibility index (Phi) is 7.65. The molecule has 0 radical (unpaired) electrons. The van der Waals surface area contributed by atoms with Gasteiger partial charge in [0.1, 0.15) is 12.2 Å². The van der Waals surface area contributed by atoms with Gasteiger partial charge in [0, 0.05) is 55.7 Å². The number of hydrogen-bond donors (Lipinski definition) is 1. The van der Waals surface area contributed by atoms with Crippen LogP contribution in [0.3, 0.4) is 0 Å². The summed E-state index contributed by atoms with van der Waals surface area (Å²) in [6, 6.07) is 6.18. The number of carbonyl (C=O) groups excluding carboxylic acids is 2. The van der Waals surface area contributed by atoms with Crippen LogP contribution in [0.25, 0.3) is 0 Å². The van der Waals surface area contributed by atoms with E-state index >= 15 is 0 Å². The molecule has 2 saturated heterocycles. The molecule has 0 saturated carbocycles. The fraction of sp³-hybridized carbons (Fsp3) is 0.440. The highest BCUT2D eigenvalue weighted by atomic mass is 35.5. The minimum atomic E-state index is -0.852. The van der Waals surface area contributed by atoms with E-state index in [2.05, 4.69) is 15.2 Å². The Morgan fingerprint density at radius 1 is 1.34 bits per heavy atom. The third kappa shape index (κ3) is 5.61. The second kappa shape index (κ2) is 10.7. The summed E-state index contributed by atoms with van der Waals surface area (Å²) in [6.07, 6.45) is 2.56. The molecule has 4 rings (SSSR count). The van der Waals surface area contributed by atoms with E-state index in [9.17, 15) is 14.0 Å². The number of amides is 2. The molecule has 1 aromatic carbocycles. The van der Waals surface area contributed by atoms with Gasteiger partial charge < -0.3 is 15.0 Å². The molecule has 1 N–H and O–H groups in total. The van der Waals surface area contributed by atoms with Crippen LogP contribution in [0, 0.1) is 24.1 Å². The standard InChI is InChI=1S/C25H27ClFN5O3/c1-15-13-31(5-6-32(15)25(34)23-4-3-7-35-23)14-18-8-19(26)10-21(16(18)2)30-24(33)17-9-20(27)22(11-28)29-12-17/h8-10,12,15,23H,3-7,13-14H2,1-2H3,(H,30,33)/t15-,23-/m0/s1. The van der Waals surface area contributed by atoms with Gasteiger partial charge in [0.15, 0.2) is 11.5 Å². The van der Waals surface area contributed by atoms with Crippen molar-refractivity contribution >= 4 is 29.1 Å². The highest BCUT2D eigenvalue weighted by Gasteiger charge is 2.34. The van der Waals surface area contributed by atoms with Crippen molar-refractivity contribution < 1.29 is 18.7 Å². The van der Waals surface area contributed by atoms with Crippen LogP contribution < -0.4 is 5.32 Å². The number of halogens is 2. The van der Waals surface area contributed by atoms with Crippen molar-refractivity contribution in [3.8, 4) is 6.07 Å². The lowest BCUT2D eigenvalue weighted by Crippen LogP contribution is -2.55. The van der Waals surface area contributed by atoms with E-state index in [0.717, 1.165) is 36.2 Å². The summed E-state index contributed by atoms with van der Waals surface area (Å²) < 4.78 is 19.5. The summed E-state index contributed by atoms with van der Waals surface area (Å²) in [7, 11) is 0. The van der Waals surface area contributed by atoms with Gasteiger partial charge in [-0.3, -0.25) is 14.5 Å². The molecule has 2 atom stereocenters. The van der Waals surface area contributed by atoms with E-state index in [-0.39, 0.29) is 29.3 Å². The third-order valence-corrected chi connectivity index (χ3v) is 6.75. The van der Waals surface area contributed by atoms with Gasteiger partial charge in [-0.05, 0) is 56.0 Å². The largest absolute Gasteiger partial charge is 0.368 e. The average Bonchev–Trinajstić information content (AvgIpc) is 3.37. The zero-order valence-corrected chi connectivity index (χ0v) is 20.4. The van der Waals surface area contributed by atoms with Crippen LogP contribution in [-0.4, -0.2) is 65.0 Å². The second-order valence-electron chi connectivity index (χ2n) is 8.98. The van der Waals surface area contributed by atoms with Gasteiger partial charge in [-0.1, -0.05) is 11.6 Å². The third-order valence-electron chi connectivity index (χ3n) is 6.53. The first kappa shape index (κ1) is 25.0. The number of hydrogen-bond acceptors (Lipinski definition) is 6. The second-order valence-corrected chi connectivity index (χ2v) is 9.41. The molecule has 0 spiro atoms. The van der Waals surface area contributed by atoms with Gasteiger partial charge in [-0.15, -0.1) is 0 Å². The van der Waals surface area contributed by atoms with Crippen LogP contribution in [0.15, 0.2) is 24.4 Å². The molecule has 2 aliphatic rings. The number of pyridine rings is 1. The number of anilines is 1. The Morgan fingerprint density at radius 3 is 2.80 bits per heavy atom. The SMILES string of the molecule is Cc1c(CN2CCN(C(=O)[C@@H]3CCCO3)[C@@H](C)C2)cc(Cl)cc1NC(=O)c1cnc(C#N)c(F)c1. The van der Waals surface area contributed by atoms with Gasteiger partial charge >= 0.3 is 0 Å². The molecule has 0 bridgehead atoms. The Hall–Kier alpha value is -3.06. The first-order chi connectivity index (χ1) is 16.8. The lowest BCUT2D eigenvalue weighted by Gasteiger charge is -2.41. The van der Waals surface area contributed by atoms with E-state index in [1.54, 1.807) is 12.1 Å².